The van der Waals surface area contributed by atoms with Crippen LogP contribution in [-0.4, -0.2) is 11.8 Å². The number of Topliss-reactive ketones (excluding diaryl/α,β-unsaturated/α-hetero) is 1. The fourth-order valence-corrected chi connectivity index (χ4v) is 1.87. The Morgan fingerprint density at radius 3 is 2.33 bits per heavy atom. The van der Waals surface area contributed by atoms with E-state index in [2.05, 4.69) is 13.8 Å². The lowest BCUT2D eigenvalue weighted by molar-refractivity contribution is -0.141. The first kappa shape index (κ1) is 19.6. The van der Waals surface area contributed by atoms with Gasteiger partial charge in [-0.05, 0) is 18.9 Å². The summed E-state index contributed by atoms with van der Waals surface area (Å²) in [6.45, 7) is 4.31. The van der Waals surface area contributed by atoms with Gasteiger partial charge in [0.25, 0.3) is 0 Å². The summed E-state index contributed by atoms with van der Waals surface area (Å²) in [6.07, 6.45) is 16.2. The Morgan fingerprint density at radius 2 is 1.62 bits per heavy atom. The van der Waals surface area contributed by atoms with Crippen LogP contribution < -0.4 is 0 Å². The van der Waals surface area contributed by atoms with Gasteiger partial charge < -0.3 is 4.74 Å². The molecule has 0 aromatic rings. The SMILES string of the molecule is CCCCC=CC=COC(=O)CC(=O)CCCCCCC. The highest BCUT2D eigenvalue weighted by molar-refractivity contribution is 5.95. The summed E-state index contributed by atoms with van der Waals surface area (Å²) in [4.78, 5) is 23.0. The Balaban J connectivity index is 3.61. The quantitative estimate of drug-likeness (QED) is 0.156. The Bertz CT molecular complexity index is 329. The van der Waals surface area contributed by atoms with Crippen LogP contribution in [0.25, 0.3) is 0 Å². The van der Waals surface area contributed by atoms with E-state index < -0.39 is 5.97 Å². The van der Waals surface area contributed by atoms with E-state index in [0.717, 1.165) is 25.7 Å². The molecule has 0 saturated carbocycles. The van der Waals surface area contributed by atoms with Crippen molar-refractivity contribution in [2.75, 3.05) is 0 Å². The zero-order valence-corrected chi connectivity index (χ0v) is 13.6. The predicted molar refractivity (Wildman–Crippen MR) is 86.9 cm³/mol. The molecule has 0 amide bonds. The minimum atomic E-state index is -0.466. The van der Waals surface area contributed by atoms with Gasteiger partial charge in [-0.2, -0.15) is 0 Å². The molecule has 0 fully saturated rings. The van der Waals surface area contributed by atoms with Gasteiger partial charge >= 0.3 is 5.97 Å². The van der Waals surface area contributed by atoms with Crippen molar-refractivity contribution in [2.24, 2.45) is 0 Å². The van der Waals surface area contributed by atoms with Crippen LogP contribution in [0.1, 0.15) is 78.1 Å². The van der Waals surface area contributed by atoms with Crippen molar-refractivity contribution in [3.8, 4) is 0 Å². The molecule has 0 N–H and O–H groups in total. The third-order valence-electron chi connectivity index (χ3n) is 3.15. The van der Waals surface area contributed by atoms with Crippen LogP contribution in [0.2, 0.25) is 0 Å². The van der Waals surface area contributed by atoms with E-state index >= 15 is 0 Å². The summed E-state index contributed by atoms with van der Waals surface area (Å²) in [7, 11) is 0. The third kappa shape index (κ3) is 14.8. The van der Waals surface area contributed by atoms with Crippen LogP contribution in [0.5, 0.6) is 0 Å². The number of unbranched alkanes of at least 4 members (excludes halogenated alkanes) is 6. The van der Waals surface area contributed by atoms with E-state index in [9.17, 15) is 9.59 Å². The number of hydrogen-bond donors (Lipinski definition) is 0. The van der Waals surface area contributed by atoms with Crippen LogP contribution >= 0.6 is 0 Å². The minimum absolute atomic E-state index is 0.0246. The van der Waals surface area contributed by atoms with Gasteiger partial charge in [0.1, 0.15) is 12.2 Å². The van der Waals surface area contributed by atoms with Crippen molar-refractivity contribution < 1.29 is 14.3 Å². The number of esters is 1. The zero-order valence-electron chi connectivity index (χ0n) is 13.6. The lowest BCUT2D eigenvalue weighted by atomic mass is 10.1. The van der Waals surface area contributed by atoms with Crippen molar-refractivity contribution in [2.45, 2.75) is 78.1 Å². The maximum atomic E-state index is 11.6. The Labute approximate surface area is 129 Å². The molecule has 21 heavy (non-hydrogen) atoms. The fourth-order valence-electron chi connectivity index (χ4n) is 1.87. The summed E-state index contributed by atoms with van der Waals surface area (Å²) in [5, 5.41) is 0. The molecule has 0 unspecified atom stereocenters. The van der Waals surface area contributed by atoms with Crippen LogP contribution in [0.3, 0.4) is 0 Å². The largest absolute Gasteiger partial charge is 0.434 e. The van der Waals surface area contributed by atoms with E-state index in [0.29, 0.717) is 6.42 Å². The molecular formula is C18H30O3. The van der Waals surface area contributed by atoms with Crippen molar-refractivity contribution in [3.63, 3.8) is 0 Å². The lowest BCUT2D eigenvalue weighted by Crippen LogP contribution is -2.08. The third-order valence-corrected chi connectivity index (χ3v) is 3.15. The Morgan fingerprint density at radius 1 is 0.905 bits per heavy atom. The lowest BCUT2D eigenvalue weighted by Gasteiger charge is -2.00. The molecule has 0 bridgehead atoms. The van der Waals surface area contributed by atoms with Gasteiger partial charge in [-0.15, -0.1) is 0 Å². The molecule has 0 aliphatic carbocycles. The number of ether oxygens (including phenoxy) is 1. The fraction of sp³-hybridized carbons (Fsp3) is 0.667. The van der Waals surface area contributed by atoms with E-state index in [1.165, 1.54) is 31.9 Å². The van der Waals surface area contributed by atoms with Crippen LogP contribution in [0.4, 0.5) is 0 Å². The first-order chi connectivity index (χ1) is 10.2. The molecule has 0 saturated heterocycles. The normalized spacial score (nSPS) is 11.3. The topological polar surface area (TPSA) is 43.4 Å². The van der Waals surface area contributed by atoms with Crippen LogP contribution in [-0.2, 0) is 14.3 Å². The van der Waals surface area contributed by atoms with E-state index in [1.54, 1.807) is 6.08 Å². The number of carbonyl (C=O) groups excluding carboxylic acids is 2. The number of rotatable bonds is 13. The van der Waals surface area contributed by atoms with Gasteiger partial charge in [-0.3, -0.25) is 9.59 Å². The Hall–Kier alpha value is -1.38. The molecule has 0 aliphatic rings. The standard InChI is InChI=1S/C18H30O3/c1-3-5-7-9-11-13-15-21-18(20)16-17(19)14-12-10-8-6-4-2/h9,11,13,15H,3-8,10,12,14,16H2,1-2H3. The second kappa shape index (κ2) is 15.0. The van der Waals surface area contributed by atoms with Crippen LogP contribution in [0, 0.1) is 0 Å². The number of ketones is 1. The second-order valence-electron chi connectivity index (χ2n) is 5.27. The van der Waals surface area contributed by atoms with Crippen molar-refractivity contribution in [3.05, 3.63) is 24.5 Å². The average Bonchev–Trinajstić information content (AvgIpc) is 2.46. The van der Waals surface area contributed by atoms with Gasteiger partial charge in [0.2, 0.25) is 0 Å². The monoisotopic (exact) mass is 294 g/mol. The Kier molecular flexibility index (Phi) is 14.0. The molecule has 0 spiro atoms. The number of carbonyl (C=O) groups is 2. The van der Waals surface area contributed by atoms with E-state index in [1.807, 2.05) is 12.2 Å². The molecule has 0 aromatic heterocycles. The molecule has 0 rings (SSSR count). The van der Waals surface area contributed by atoms with Gasteiger partial charge in [-0.1, -0.05) is 64.5 Å². The van der Waals surface area contributed by atoms with Gasteiger partial charge in [-0.25, -0.2) is 0 Å². The highest BCUT2D eigenvalue weighted by atomic mass is 16.5. The zero-order chi connectivity index (χ0) is 15.8. The number of hydrogen-bond acceptors (Lipinski definition) is 3. The van der Waals surface area contributed by atoms with Crippen molar-refractivity contribution >= 4 is 11.8 Å². The highest BCUT2D eigenvalue weighted by Crippen LogP contribution is 2.06. The van der Waals surface area contributed by atoms with Gasteiger partial charge in [0.15, 0.2) is 0 Å². The van der Waals surface area contributed by atoms with Gasteiger partial charge in [0, 0.05) is 6.42 Å². The second-order valence-corrected chi connectivity index (χ2v) is 5.27. The highest BCUT2D eigenvalue weighted by Gasteiger charge is 2.09. The smallest absolute Gasteiger partial charge is 0.318 e. The molecule has 0 aliphatic heterocycles. The minimum Gasteiger partial charge on any atom is -0.434 e. The molecule has 0 atom stereocenters. The summed E-state index contributed by atoms with van der Waals surface area (Å²) < 4.78 is 4.87. The van der Waals surface area contributed by atoms with Gasteiger partial charge in [0.05, 0.1) is 6.26 Å². The molecular weight excluding hydrogens is 264 g/mol. The van der Waals surface area contributed by atoms with Crippen LogP contribution in [0.15, 0.2) is 24.5 Å². The molecule has 3 heteroatoms. The molecule has 0 heterocycles. The number of allylic oxidation sites excluding steroid dienone is 3. The first-order valence-corrected chi connectivity index (χ1v) is 8.23. The van der Waals surface area contributed by atoms with Crippen molar-refractivity contribution in [1.82, 2.24) is 0 Å². The van der Waals surface area contributed by atoms with E-state index in [4.69, 9.17) is 4.74 Å². The predicted octanol–water partition coefficient (Wildman–Crippen LogP) is 5.11. The average molecular weight is 294 g/mol. The van der Waals surface area contributed by atoms with E-state index in [-0.39, 0.29) is 12.2 Å². The first-order valence-electron chi connectivity index (χ1n) is 8.23. The molecule has 3 nitrogen and oxygen atoms in total. The maximum Gasteiger partial charge on any atom is 0.318 e. The summed E-state index contributed by atoms with van der Waals surface area (Å²) in [6, 6.07) is 0. The van der Waals surface area contributed by atoms with Crippen molar-refractivity contribution in [1.29, 1.82) is 0 Å². The maximum absolute atomic E-state index is 11.6. The molecule has 120 valence electrons. The summed E-state index contributed by atoms with van der Waals surface area (Å²) in [5.74, 6) is -0.491. The summed E-state index contributed by atoms with van der Waals surface area (Å²) in [5.41, 5.74) is 0. The summed E-state index contributed by atoms with van der Waals surface area (Å²) >= 11 is 0. The molecule has 0 radical (unpaired) electrons. The molecule has 0 aromatic carbocycles.